The first kappa shape index (κ1) is 23.7. The third kappa shape index (κ3) is 6.04. The monoisotopic (exact) mass is 475 g/mol. The van der Waals surface area contributed by atoms with Crippen LogP contribution in [-0.4, -0.2) is 38.4 Å². The summed E-state index contributed by atoms with van der Waals surface area (Å²) in [7, 11) is -2.26. The van der Waals surface area contributed by atoms with Crippen molar-refractivity contribution in [2.24, 2.45) is 0 Å². The van der Waals surface area contributed by atoms with Gasteiger partial charge < -0.3 is 14.5 Å². The highest BCUT2D eigenvalue weighted by Gasteiger charge is 2.16. The highest BCUT2D eigenvalue weighted by Crippen LogP contribution is 2.26. The molecule has 0 unspecified atom stereocenters. The first-order chi connectivity index (χ1) is 15.3. The SMILES string of the molecule is COc1ccc(S(=O)(=O)Nc2cccc(-c3nc(CNC(=O)CCSC)c(C)o3)c2)cc1. The van der Waals surface area contributed by atoms with Gasteiger partial charge in [0.05, 0.1) is 18.6 Å². The second kappa shape index (κ2) is 10.6. The third-order valence-electron chi connectivity index (χ3n) is 4.61. The van der Waals surface area contributed by atoms with Crippen molar-refractivity contribution in [2.75, 3.05) is 23.8 Å². The van der Waals surface area contributed by atoms with Crippen LogP contribution in [0.25, 0.3) is 11.5 Å². The highest BCUT2D eigenvalue weighted by molar-refractivity contribution is 7.98. The lowest BCUT2D eigenvalue weighted by Gasteiger charge is -2.09. The molecule has 1 aromatic heterocycles. The molecule has 1 heterocycles. The van der Waals surface area contributed by atoms with Crippen LogP contribution in [0.5, 0.6) is 5.75 Å². The standard InChI is InChI=1S/C22H25N3O5S2/c1-15-20(14-23-21(26)11-12-31-3)24-22(30-15)16-5-4-6-17(13-16)25-32(27,28)19-9-7-18(29-2)8-10-19/h4-10,13,25H,11-12,14H2,1-3H3,(H,23,26). The van der Waals surface area contributed by atoms with Gasteiger partial charge in [-0.25, -0.2) is 13.4 Å². The largest absolute Gasteiger partial charge is 0.497 e. The number of sulfonamides is 1. The van der Waals surface area contributed by atoms with E-state index in [4.69, 9.17) is 9.15 Å². The van der Waals surface area contributed by atoms with Crippen LogP contribution in [0.4, 0.5) is 5.69 Å². The van der Waals surface area contributed by atoms with Crippen LogP contribution in [0.15, 0.2) is 57.8 Å². The van der Waals surface area contributed by atoms with Crippen molar-refractivity contribution in [1.82, 2.24) is 10.3 Å². The number of oxazole rings is 1. The van der Waals surface area contributed by atoms with Gasteiger partial charge in [-0.3, -0.25) is 9.52 Å². The smallest absolute Gasteiger partial charge is 0.261 e. The number of rotatable bonds is 10. The molecule has 8 nitrogen and oxygen atoms in total. The Labute approximate surface area is 191 Å². The zero-order valence-corrected chi connectivity index (χ0v) is 19.7. The van der Waals surface area contributed by atoms with E-state index in [-0.39, 0.29) is 17.3 Å². The molecular formula is C22H25N3O5S2. The Bertz CT molecular complexity index is 1170. The first-order valence-electron chi connectivity index (χ1n) is 9.81. The van der Waals surface area contributed by atoms with Crippen LogP contribution in [0, 0.1) is 6.92 Å². The van der Waals surface area contributed by atoms with Gasteiger partial charge in [0.1, 0.15) is 17.2 Å². The molecule has 0 aliphatic rings. The molecule has 3 aromatic rings. The second-order valence-electron chi connectivity index (χ2n) is 6.90. The van der Waals surface area contributed by atoms with Crippen molar-refractivity contribution >= 4 is 33.4 Å². The molecule has 0 aliphatic heterocycles. The van der Waals surface area contributed by atoms with Crippen LogP contribution in [0.2, 0.25) is 0 Å². The molecule has 2 N–H and O–H groups in total. The number of benzene rings is 2. The van der Waals surface area contributed by atoms with E-state index in [9.17, 15) is 13.2 Å². The predicted molar refractivity (Wildman–Crippen MR) is 125 cm³/mol. The molecule has 0 saturated heterocycles. The molecular weight excluding hydrogens is 450 g/mol. The molecule has 0 atom stereocenters. The molecule has 3 rings (SSSR count). The van der Waals surface area contributed by atoms with Gasteiger partial charge in [-0.05, 0) is 55.6 Å². The lowest BCUT2D eigenvalue weighted by molar-refractivity contribution is -0.120. The molecule has 170 valence electrons. The summed E-state index contributed by atoms with van der Waals surface area (Å²) >= 11 is 1.61. The fourth-order valence-electron chi connectivity index (χ4n) is 2.87. The third-order valence-corrected chi connectivity index (χ3v) is 6.62. The number of anilines is 1. The molecule has 0 fully saturated rings. The van der Waals surface area contributed by atoms with Gasteiger partial charge in [0.15, 0.2) is 0 Å². The fraction of sp³-hybridized carbons (Fsp3) is 0.273. The summed E-state index contributed by atoms with van der Waals surface area (Å²) in [5.74, 6) is 2.23. The molecule has 2 aromatic carbocycles. The van der Waals surface area contributed by atoms with E-state index in [0.29, 0.717) is 40.8 Å². The van der Waals surface area contributed by atoms with Crippen molar-refractivity contribution in [1.29, 1.82) is 0 Å². The average Bonchev–Trinajstić information content (AvgIpc) is 3.16. The van der Waals surface area contributed by atoms with Crippen LogP contribution in [0.3, 0.4) is 0 Å². The Morgan fingerprint density at radius 2 is 1.94 bits per heavy atom. The lowest BCUT2D eigenvalue weighted by Crippen LogP contribution is -2.23. The van der Waals surface area contributed by atoms with Crippen molar-refractivity contribution in [3.8, 4) is 17.2 Å². The number of thioether (sulfide) groups is 1. The first-order valence-corrected chi connectivity index (χ1v) is 12.7. The number of aromatic nitrogens is 1. The van der Waals surface area contributed by atoms with Gasteiger partial charge in [-0.2, -0.15) is 11.8 Å². The molecule has 0 radical (unpaired) electrons. The maximum absolute atomic E-state index is 12.7. The topological polar surface area (TPSA) is 111 Å². The van der Waals surface area contributed by atoms with Crippen molar-refractivity contribution < 1.29 is 22.4 Å². The van der Waals surface area contributed by atoms with Crippen LogP contribution >= 0.6 is 11.8 Å². The van der Waals surface area contributed by atoms with Gasteiger partial charge in [0.25, 0.3) is 10.0 Å². The van der Waals surface area contributed by atoms with E-state index >= 15 is 0 Å². The van der Waals surface area contributed by atoms with Gasteiger partial charge in [-0.1, -0.05) is 6.07 Å². The zero-order valence-electron chi connectivity index (χ0n) is 18.0. The number of amides is 1. The van der Waals surface area contributed by atoms with Crippen LogP contribution < -0.4 is 14.8 Å². The van der Waals surface area contributed by atoms with E-state index < -0.39 is 10.0 Å². The summed E-state index contributed by atoms with van der Waals surface area (Å²) in [6, 6.07) is 12.9. The van der Waals surface area contributed by atoms with Gasteiger partial charge in [-0.15, -0.1) is 0 Å². The molecule has 0 spiro atoms. The quantitative estimate of drug-likeness (QED) is 0.458. The summed E-state index contributed by atoms with van der Waals surface area (Å²) in [4.78, 5) is 16.4. The maximum Gasteiger partial charge on any atom is 0.261 e. The van der Waals surface area contributed by atoms with E-state index in [1.54, 1.807) is 55.1 Å². The molecule has 0 aliphatic carbocycles. The number of nitrogens with zero attached hydrogens (tertiary/aromatic N) is 1. The van der Waals surface area contributed by atoms with Gasteiger partial charge in [0.2, 0.25) is 11.8 Å². The fourth-order valence-corrected chi connectivity index (χ4v) is 4.30. The number of ether oxygens (including phenoxy) is 1. The number of carbonyl (C=O) groups is 1. The number of methoxy groups -OCH3 is 1. The number of nitrogens with one attached hydrogen (secondary N) is 2. The lowest BCUT2D eigenvalue weighted by atomic mass is 10.2. The van der Waals surface area contributed by atoms with E-state index in [2.05, 4.69) is 15.0 Å². The summed E-state index contributed by atoms with van der Waals surface area (Å²) in [6.07, 6.45) is 2.40. The van der Waals surface area contributed by atoms with Crippen LogP contribution in [0.1, 0.15) is 17.9 Å². The highest BCUT2D eigenvalue weighted by atomic mass is 32.2. The minimum atomic E-state index is -3.77. The minimum absolute atomic E-state index is 0.0433. The summed E-state index contributed by atoms with van der Waals surface area (Å²) < 4.78 is 38.8. The Kier molecular flexibility index (Phi) is 7.81. The normalized spacial score (nSPS) is 11.2. The summed E-state index contributed by atoms with van der Waals surface area (Å²) in [5, 5.41) is 2.83. The maximum atomic E-state index is 12.7. The van der Waals surface area contributed by atoms with Crippen molar-refractivity contribution in [3.05, 3.63) is 60.0 Å². The summed E-state index contributed by atoms with van der Waals surface area (Å²) in [6.45, 7) is 2.04. The number of aryl methyl sites for hydroxylation is 1. The van der Waals surface area contributed by atoms with E-state index in [1.807, 2.05) is 6.26 Å². The van der Waals surface area contributed by atoms with Gasteiger partial charge in [0, 0.05) is 23.4 Å². The average molecular weight is 476 g/mol. The van der Waals surface area contributed by atoms with Crippen LogP contribution in [-0.2, 0) is 21.4 Å². The van der Waals surface area contributed by atoms with E-state index in [0.717, 1.165) is 5.75 Å². The van der Waals surface area contributed by atoms with Gasteiger partial charge >= 0.3 is 0 Å². The zero-order chi connectivity index (χ0) is 23.1. The molecule has 32 heavy (non-hydrogen) atoms. The number of carbonyl (C=O) groups excluding carboxylic acids is 1. The Morgan fingerprint density at radius 1 is 1.19 bits per heavy atom. The molecule has 0 saturated carbocycles. The number of hydrogen-bond donors (Lipinski definition) is 2. The Morgan fingerprint density at radius 3 is 2.62 bits per heavy atom. The molecule has 0 bridgehead atoms. The molecule has 10 heteroatoms. The minimum Gasteiger partial charge on any atom is -0.497 e. The Balaban J connectivity index is 1.74. The number of hydrogen-bond acceptors (Lipinski definition) is 7. The van der Waals surface area contributed by atoms with E-state index in [1.165, 1.54) is 19.2 Å². The molecule has 1 amide bonds. The second-order valence-corrected chi connectivity index (χ2v) is 9.57. The Hall–Kier alpha value is -2.98. The summed E-state index contributed by atoms with van der Waals surface area (Å²) in [5.41, 5.74) is 1.62. The van der Waals surface area contributed by atoms with Crippen molar-refractivity contribution in [2.45, 2.75) is 24.8 Å². The van der Waals surface area contributed by atoms with Crippen molar-refractivity contribution in [3.63, 3.8) is 0 Å². The predicted octanol–water partition coefficient (Wildman–Crippen LogP) is 3.83.